The topological polar surface area (TPSA) is 83.8 Å². The van der Waals surface area contributed by atoms with Gasteiger partial charge in [0.2, 0.25) is 0 Å². The van der Waals surface area contributed by atoms with E-state index in [-0.39, 0.29) is 12.2 Å². The number of carboxylic acids is 1. The highest BCUT2D eigenvalue weighted by atomic mass is 16.5. The van der Waals surface area contributed by atoms with Crippen LogP contribution >= 0.6 is 0 Å². The van der Waals surface area contributed by atoms with Crippen molar-refractivity contribution in [2.45, 2.75) is 116 Å². The fraction of sp³-hybridized carbons (Fsp3) is 0.818. The molecule has 0 aromatic heterocycles. The van der Waals surface area contributed by atoms with Gasteiger partial charge in [-0.25, -0.2) is 4.79 Å². The van der Waals surface area contributed by atoms with Gasteiger partial charge < -0.3 is 14.9 Å². The van der Waals surface area contributed by atoms with E-state index in [0.29, 0.717) is 12.8 Å². The molecule has 1 unspecified atom stereocenters. The van der Waals surface area contributed by atoms with Crippen molar-refractivity contribution < 1.29 is 24.5 Å². The highest BCUT2D eigenvalue weighted by molar-refractivity contribution is 5.82. The fourth-order valence-corrected chi connectivity index (χ4v) is 3.04. The Morgan fingerprint density at radius 2 is 1.33 bits per heavy atom. The van der Waals surface area contributed by atoms with Crippen LogP contribution in [0.5, 0.6) is 0 Å². The molecular weight excluding hydrogens is 344 g/mol. The van der Waals surface area contributed by atoms with Crippen LogP contribution in [-0.2, 0) is 14.3 Å². The van der Waals surface area contributed by atoms with Crippen molar-refractivity contribution in [3.63, 3.8) is 0 Å². The lowest BCUT2D eigenvalue weighted by Crippen LogP contribution is -2.21. The molecule has 5 heteroatoms. The number of hydrogen-bond acceptors (Lipinski definition) is 4. The maximum atomic E-state index is 11.9. The normalized spacial score (nSPS) is 12.7. The molecule has 0 fully saturated rings. The van der Waals surface area contributed by atoms with Gasteiger partial charge in [0.25, 0.3) is 0 Å². The summed E-state index contributed by atoms with van der Waals surface area (Å²) in [7, 11) is 0. The average Bonchev–Trinajstić information content (AvgIpc) is 2.60. The monoisotopic (exact) mass is 384 g/mol. The zero-order chi connectivity index (χ0) is 20.3. The summed E-state index contributed by atoms with van der Waals surface area (Å²) in [6, 6.07) is 0. The number of aliphatic carboxylic acids is 1. The molecule has 5 nitrogen and oxygen atoms in total. The van der Waals surface area contributed by atoms with E-state index in [0.717, 1.165) is 51.0 Å². The number of allylic oxidation sites excluding steroid dienone is 1. The van der Waals surface area contributed by atoms with Crippen LogP contribution in [0.2, 0.25) is 0 Å². The lowest BCUT2D eigenvalue weighted by atomic mass is 10.1. The molecule has 1 atom stereocenters. The van der Waals surface area contributed by atoms with E-state index >= 15 is 0 Å². The summed E-state index contributed by atoms with van der Waals surface area (Å²) >= 11 is 0. The molecule has 0 radical (unpaired) electrons. The quantitative estimate of drug-likeness (QED) is 0.125. The number of hydrogen-bond donors (Lipinski definition) is 2. The molecule has 158 valence electrons. The van der Waals surface area contributed by atoms with Gasteiger partial charge in [-0.1, -0.05) is 78.1 Å². The number of unbranched alkanes of at least 4 members (excludes halogenated alkanes) is 10. The third kappa shape index (κ3) is 17.6. The number of ether oxygens (including phenoxy) is 1. The zero-order valence-corrected chi connectivity index (χ0v) is 17.4. The van der Waals surface area contributed by atoms with E-state index in [1.807, 2.05) is 0 Å². The van der Waals surface area contributed by atoms with Crippen molar-refractivity contribution in [1.29, 1.82) is 0 Å². The maximum Gasteiger partial charge on any atom is 0.334 e. The van der Waals surface area contributed by atoms with Crippen LogP contribution in [-0.4, -0.2) is 28.3 Å². The molecule has 0 aliphatic carbocycles. The van der Waals surface area contributed by atoms with Gasteiger partial charge in [-0.3, -0.25) is 4.79 Å². The Hall–Kier alpha value is -1.52. The summed E-state index contributed by atoms with van der Waals surface area (Å²) < 4.78 is 5.25. The van der Waals surface area contributed by atoms with Crippen LogP contribution in [0.25, 0.3) is 0 Å². The Bertz CT molecular complexity index is 417. The largest absolute Gasteiger partial charge is 0.512 e. The molecule has 0 amide bonds. The average molecular weight is 385 g/mol. The van der Waals surface area contributed by atoms with E-state index in [1.165, 1.54) is 32.1 Å². The minimum Gasteiger partial charge on any atom is -0.512 e. The molecule has 0 saturated heterocycles. The summed E-state index contributed by atoms with van der Waals surface area (Å²) in [6.07, 6.45) is 14.6. The van der Waals surface area contributed by atoms with Crippen molar-refractivity contribution in [3.05, 3.63) is 11.8 Å². The number of aliphatic hydroxyl groups excluding tert-OH is 1. The standard InChI is InChI=1S/C22H40O5/c1-3-5-7-9-10-12-13-15-19(23)17-22(26)27-20(18-21(24)25)16-14-11-8-6-4-2/h17,20,23H,3-16,18H2,1-2H3,(H,24,25). The molecule has 2 N–H and O–H groups in total. The second kappa shape index (κ2) is 17.9. The molecule has 0 aromatic carbocycles. The second-order valence-electron chi connectivity index (χ2n) is 7.37. The third-order valence-corrected chi connectivity index (χ3v) is 4.64. The number of rotatable bonds is 18. The van der Waals surface area contributed by atoms with Gasteiger partial charge in [0.05, 0.1) is 18.3 Å². The number of carboxylic acid groups (broad SMARTS) is 1. The van der Waals surface area contributed by atoms with Crippen molar-refractivity contribution in [2.75, 3.05) is 0 Å². The molecule has 0 heterocycles. The molecule has 0 aromatic rings. The number of aliphatic hydroxyl groups is 1. The van der Waals surface area contributed by atoms with Crippen LogP contribution < -0.4 is 0 Å². The Labute approximate surface area is 165 Å². The summed E-state index contributed by atoms with van der Waals surface area (Å²) in [5.74, 6) is -1.60. The Kier molecular flexibility index (Phi) is 16.9. The molecule has 0 spiro atoms. The summed E-state index contributed by atoms with van der Waals surface area (Å²) in [5.41, 5.74) is 0. The van der Waals surface area contributed by atoms with Gasteiger partial charge in [-0.2, -0.15) is 0 Å². The van der Waals surface area contributed by atoms with Gasteiger partial charge in [-0.15, -0.1) is 0 Å². The van der Waals surface area contributed by atoms with E-state index in [4.69, 9.17) is 9.84 Å². The van der Waals surface area contributed by atoms with E-state index in [1.54, 1.807) is 0 Å². The van der Waals surface area contributed by atoms with Crippen LogP contribution in [0, 0.1) is 0 Å². The Morgan fingerprint density at radius 1 is 0.815 bits per heavy atom. The SMILES string of the molecule is CCCCCCCCCC(O)=CC(=O)OC(CCCCCCC)CC(=O)O. The van der Waals surface area contributed by atoms with Gasteiger partial charge >= 0.3 is 11.9 Å². The summed E-state index contributed by atoms with van der Waals surface area (Å²) in [4.78, 5) is 22.9. The van der Waals surface area contributed by atoms with Gasteiger partial charge in [0.15, 0.2) is 0 Å². The summed E-state index contributed by atoms with van der Waals surface area (Å²) in [6.45, 7) is 4.33. The molecule has 27 heavy (non-hydrogen) atoms. The van der Waals surface area contributed by atoms with Crippen LogP contribution in [0.4, 0.5) is 0 Å². The van der Waals surface area contributed by atoms with Crippen molar-refractivity contribution >= 4 is 11.9 Å². The second-order valence-corrected chi connectivity index (χ2v) is 7.37. The van der Waals surface area contributed by atoms with Crippen molar-refractivity contribution in [2.24, 2.45) is 0 Å². The minimum absolute atomic E-state index is 0.0191. The van der Waals surface area contributed by atoms with Crippen molar-refractivity contribution in [3.8, 4) is 0 Å². The highest BCUT2D eigenvalue weighted by Crippen LogP contribution is 2.14. The number of esters is 1. The third-order valence-electron chi connectivity index (χ3n) is 4.64. The van der Waals surface area contributed by atoms with E-state index < -0.39 is 18.0 Å². The molecule has 0 rings (SSSR count). The highest BCUT2D eigenvalue weighted by Gasteiger charge is 2.17. The zero-order valence-electron chi connectivity index (χ0n) is 17.4. The molecule has 0 aliphatic rings. The van der Waals surface area contributed by atoms with Gasteiger partial charge in [-0.05, 0) is 19.3 Å². The lowest BCUT2D eigenvalue weighted by Gasteiger charge is -2.15. The van der Waals surface area contributed by atoms with E-state index in [9.17, 15) is 14.7 Å². The Balaban J connectivity index is 4.12. The number of carbonyl (C=O) groups excluding carboxylic acids is 1. The molecule has 0 aliphatic heterocycles. The predicted molar refractivity (Wildman–Crippen MR) is 109 cm³/mol. The van der Waals surface area contributed by atoms with E-state index in [2.05, 4.69) is 13.8 Å². The van der Waals surface area contributed by atoms with Crippen molar-refractivity contribution in [1.82, 2.24) is 0 Å². The first-order valence-electron chi connectivity index (χ1n) is 10.8. The first-order chi connectivity index (χ1) is 13.0. The van der Waals surface area contributed by atoms with Crippen LogP contribution in [0.15, 0.2) is 11.8 Å². The smallest absolute Gasteiger partial charge is 0.334 e. The number of carbonyl (C=O) groups is 2. The fourth-order valence-electron chi connectivity index (χ4n) is 3.04. The van der Waals surface area contributed by atoms with Crippen LogP contribution in [0.1, 0.15) is 110 Å². The summed E-state index contributed by atoms with van der Waals surface area (Å²) in [5, 5.41) is 18.9. The lowest BCUT2D eigenvalue weighted by molar-refractivity contribution is -0.148. The van der Waals surface area contributed by atoms with Crippen LogP contribution in [0.3, 0.4) is 0 Å². The molecule has 0 saturated carbocycles. The molecular formula is C22H40O5. The van der Waals surface area contributed by atoms with Gasteiger partial charge in [0, 0.05) is 6.42 Å². The maximum absolute atomic E-state index is 11.9. The predicted octanol–water partition coefficient (Wildman–Crippen LogP) is 6.32. The first-order valence-corrected chi connectivity index (χ1v) is 10.8. The van der Waals surface area contributed by atoms with Gasteiger partial charge in [0.1, 0.15) is 6.10 Å². The Morgan fingerprint density at radius 3 is 1.89 bits per heavy atom. The first kappa shape index (κ1) is 25.5. The minimum atomic E-state index is -0.974. The molecule has 0 bridgehead atoms.